The minimum atomic E-state index is -3.78. The average molecular weight is 134 g/mol. The van der Waals surface area contributed by atoms with Gasteiger partial charge in [0.25, 0.3) is 0 Å². The van der Waals surface area contributed by atoms with Gasteiger partial charge in [0.05, 0.1) is 9.57 Å². The molecular weight excluding hydrogens is 131 g/mol. The summed E-state index contributed by atoms with van der Waals surface area (Å²) in [5.41, 5.74) is 0. The van der Waals surface area contributed by atoms with Crippen LogP contribution in [-0.4, -0.2) is 22.4 Å². The fraction of sp³-hybridized carbons (Fsp3) is 0. The Labute approximate surface area is 61.2 Å². The normalized spacial score (nSPS) is 10.2. The largest absolute Gasteiger partial charge is 1.00 e. The molecule has 6 heavy (non-hydrogen) atoms. The van der Waals surface area contributed by atoms with Crippen LogP contribution in [0.5, 0.6) is 0 Å². The molecule has 3 nitrogen and oxygen atoms in total. The minimum absolute atomic E-state index is 0. The zero-order valence-corrected chi connectivity index (χ0v) is 8.45. The number of rotatable bonds is 0. The van der Waals surface area contributed by atoms with Crippen LogP contribution in [0.25, 0.3) is 0 Å². The zero-order chi connectivity index (χ0) is 4.50. The molecule has 0 N–H and O–H groups in total. The molecule has 6 heteroatoms. The van der Waals surface area contributed by atoms with Gasteiger partial charge in [-0.3, -0.25) is 8.42 Å². The molecule has 0 aliphatic rings. The van der Waals surface area contributed by atoms with Crippen LogP contribution in [0.15, 0.2) is 0 Å². The Balaban J connectivity index is 0. The predicted molar refractivity (Wildman–Crippen MR) is 19.6 cm³/mol. The van der Waals surface area contributed by atoms with E-state index in [1.165, 1.54) is 0 Å². The van der Waals surface area contributed by atoms with Crippen molar-refractivity contribution in [2.75, 3.05) is 0 Å². The molecule has 0 unspecified atom stereocenters. The van der Waals surface area contributed by atoms with Crippen LogP contribution in [0, 0.1) is 0 Å². The van der Waals surface area contributed by atoms with E-state index < -0.39 is 9.57 Å². The van der Waals surface area contributed by atoms with E-state index in [0.717, 1.165) is 0 Å². The molecule has 0 rings (SSSR count). The van der Waals surface area contributed by atoms with Gasteiger partial charge in [0.1, 0.15) is 9.39 Å². The van der Waals surface area contributed by atoms with Gasteiger partial charge in [-0.2, -0.15) is 0 Å². The summed E-state index contributed by atoms with van der Waals surface area (Å²) in [4.78, 5) is 0. The van der Waals surface area contributed by atoms with Crippen LogP contribution in [0.4, 0.5) is 0 Å². The average Bonchev–Trinajstić information content (AvgIpc) is 0.722. The Bertz CT molecular complexity index is 94.0. The zero-order valence-electron chi connectivity index (χ0n) is 3.63. The van der Waals surface area contributed by atoms with Crippen molar-refractivity contribution in [3.63, 3.8) is 0 Å². The third-order valence-corrected chi connectivity index (χ3v) is 0. The van der Waals surface area contributed by atoms with E-state index in [4.69, 9.17) is 13.0 Å². The Hall–Kier alpha value is 1.13. The summed E-state index contributed by atoms with van der Waals surface area (Å²) in [6, 6.07) is 0. The van der Waals surface area contributed by atoms with E-state index in [9.17, 15) is 0 Å². The molecule has 0 aromatic carbocycles. The molecule has 0 aromatic heterocycles. The Morgan fingerprint density at radius 1 is 1.50 bits per heavy atom. The summed E-state index contributed by atoms with van der Waals surface area (Å²) in [5.74, 6) is 0. The molecular formula is H3NaO3SSi. The van der Waals surface area contributed by atoms with E-state index in [1.807, 2.05) is 0 Å². The molecule has 32 valence electrons. The molecule has 0 aromatic rings. The van der Waals surface area contributed by atoms with Gasteiger partial charge >= 0.3 is 29.6 Å². The Kier molecular flexibility index (Phi) is 5.38. The molecule has 0 atom stereocenters. The number of hydrogen-bond acceptors (Lipinski definition) is 3. The van der Waals surface area contributed by atoms with Gasteiger partial charge in [-0.15, -0.1) is 0 Å². The van der Waals surface area contributed by atoms with Gasteiger partial charge < -0.3 is 4.55 Å². The first kappa shape index (κ1) is 10.2. The Morgan fingerprint density at radius 2 is 1.50 bits per heavy atom. The van der Waals surface area contributed by atoms with Crippen LogP contribution in [0.3, 0.4) is 0 Å². The molecule has 0 bridgehead atoms. The van der Waals surface area contributed by atoms with Gasteiger partial charge in [-0.1, -0.05) is 0 Å². The van der Waals surface area contributed by atoms with E-state index in [-0.39, 0.29) is 38.9 Å². The van der Waals surface area contributed by atoms with E-state index in [1.54, 1.807) is 0 Å². The van der Waals surface area contributed by atoms with Crippen molar-refractivity contribution in [3.8, 4) is 0 Å². The Morgan fingerprint density at radius 3 is 1.50 bits per heavy atom. The molecule has 0 amide bonds. The minimum Gasteiger partial charge on any atom is -0.754 e. The first-order valence-electron chi connectivity index (χ1n) is 0.908. The van der Waals surface area contributed by atoms with E-state index >= 15 is 0 Å². The fourth-order valence-electron chi connectivity index (χ4n) is 0. The summed E-state index contributed by atoms with van der Waals surface area (Å²) in [6.45, 7) is 0. The van der Waals surface area contributed by atoms with Crippen LogP contribution in [0.1, 0.15) is 0 Å². The monoisotopic (exact) mass is 134 g/mol. The van der Waals surface area contributed by atoms with Crippen molar-refractivity contribution in [3.05, 3.63) is 0 Å². The van der Waals surface area contributed by atoms with Crippen LogP contribution in [0.2, 0.25) is 0 Å². The first-order chi connectivity index (χ1) is 2.00. The molecule has 0 fully saturated rings. The SMILES string of the molecule is O=S(=O)([O-])[SiH3].[Na+]. The van der Waals surface area contributed by atoms with E-state index in [0.29, 0.717) is 0 Å². The van der Waals surface area contributed by atoms with Crippen molar-refractivity contribution in [2.24, 2.45) is 0 Å². The maximum absolute atomic E-state index is 9.14. The molecule has 0 saturated carbocycles. The van der Waals surface area contributed by atoms with Crippen molar-refractivity contribution >= 4 is 19.0 Å². The third kappa shape index (κ3) is 68.8. The van der Waals surface area contributed by atoms with Crippen LogP contribution >= 0.6 is 0 Å². The quantitative estimate of drug-likeness (QED) is 0.246. The smallest absolute Gasteiger partial charge is 0.754 e. The summed E-state index contributed by atoms with van der Waals surface area (Å²) < 4.78 is 27.4. The van der Waals surface area contributed by atoms with Crippen molar-refractivity contribution < 1.29 is 42.5 Å². The second-order valence-corrected chi connectivity index (χ2v) is 5.11. The van der Waals surface area contributed by atoms with Gasteiger partial charge in [-0.05, 0) is 0 Å². The maximum Gasteiger partial charge on any atom is 1.00 e. The van der Waals surface area contributed by atoms with Gasteiger partial charge in [-0.25, -0.2) is 0 Å². The van der Waals surface area contributed by atoms with Gasteiger partial charge in [0.2, 0.25) is 0 Å². The molecule has 0 spiro atoms. The van der Waals surface area contributed by atoms with Gasteiger partial charge in [0.15, 0.2) is 0 Å². The van der Waals surface area contributed by atoms with Crippen molar-refractivity contribution in [2.45, 2.75) is 0 Å². The third-order valence-electron chi connectivity index (χ3n) is 0. The van der Waals surface area contributed by atoms with Gasteiger partial charge in [0, 0.05) is 0 Å². The molecule has 0 aliphatic carbocycles. The summed E-state index contributed by atoms with van der Waals surface area (Å²) in [6.07, 6.45) is 0. The molecule has 0 radical (unpaired) electrons. The molecule has 0 heterocycles. The predicted octanol–water partition coefficient (Wildman–Crippen LogP) is -5.18. The standard InChI is InChI=1S/Na.H4O3SSi/c;1-4(2,3)5/h;5H3,(H,1,2,3)/q+1;/p-1. The number of hydrogen-bond donors (Lipinski definition) is 0. The second-order valence-electron chi connectivity index (χ2n) is 0.704. The second kappa shape index (κ2) is 3.17. The first-order valence-corrected chi connectivity index (χ1v) is 5.17. The topological polar surface area (TPSA) is 57.2 Å². The van der Waals surface area contributed by atoms with E-state index in [2.05, 4.69) is 0 Å². The molecule has 0 saturated heterocycles. The summed E-state index contributed by atoms with van der Waals surface area (Å²) >= 11 is 0. The van der Waals surface area contributed by atoms with Crippen molar-refractivity contribution in [1.29, 1.82) is 0 Å². The van der Waals surface area contributed by atoms with Crippen LogP contribution < -0.4 is 29.6 Å². The fourth-order valence-corrected chi connectivity index (χ4v) is 0. The maximum atomic E-state index is 9.14. The van der Waals surface area contributed by atoms with Crippen molar-refractivity contribution in [1.82, 2.24) is 0 Å². The van der Waals surface area contributed by atoms with Crippen LogP contribution in [-0.2, 0) is 9.57 Å². The summed E-state index contributed by atoms with van der Waals surface area (Å²) in [7, 11) is -4.05. The summed E-state index contributed by atoms with van der Waals surface area (Å²) in [5, 5.41) is 0. The molecule has 0 aliphatic heterocycles.